The molecule has 1 fully saturated rings. The van der Waals surface area contributed by atoms with Crippen molar-refractivity contribution in [2.75, 3.05) is 18.4 Å². The van der Waals surface area contributed by atoms with Crippen LogP contribution in [0.25, 0.3) is 0 Å². The molecule has 0 spiro atoms. The van der Waals surface area contributed by atoms with E-state index in [-0.39, 0.29) is 17.7 Å². The van der Waals surface area contributed by atoms with Gasteiger partial charge in [0.15, 0.2) is 0 Å². The van der Waals surface area contributed by atoms with Gasteiger partial charge in [-0.2, -0.15) is 0 Å². The van der Waals surface area contributed by atoms with Crippen LogP contribution in [0.5, 0.6) is 0 Å². The summed E-state index contributed by atoms with van der Waals surface area (Å²) in [6.45, 7) is 4.03. The highest BCUT2D eigenvalue weighted by Crippen LogP contribution is 2.18. The maximum absolute atomic E-state index is 12.5. The Morgan fingerprint density at radius 3 is 2.60 bits per heavy atom. The quantitative estimate of drug-likeness (QED) is 0.785. The van der Waals surface area contributed by atoms with Crippen molar-refractivity contribution in [2.45, 2.75) is 19.9 Å². The van der Waals surface area contributed by atoms with E-state index < -0.39 is 0 Å². The lowest BCUT2D eigenvalue weighted by Crippen LogP contribution is -2.28. The predicted molar refractivity (Wildman–Crippen MR) is 98.4 cm³/mol. The smallest absolute Gasteiger partial charge is 0.253 e. The molecule has 2 aromatic carbocycles. The number of rotatable bonds is 5. The maximum atomic E-state index is 12.5. The number of hydrogen-bond donors (Lipinski definition) is 3. The second-order valence-electron chi connectivity index (χ2n) is 6.39. The largest absolute Gasteiger partial charge is 0.348 e. The van der Waals surface area contributed by atoms with Crippen LogP contribution in [0.15, 0.2) is 48.5 Å². The summed E-state index contributed by atoms with van der Waals surface area (Å²) in [5.41, 5.74) is 3.26. The van der Waals surface area contributed by atoms with Crippen molar-refractivity contribution in [3.8, 4) is 0 Å². The van der Waals surface area contributed by atoms with E-state index in [0.717, 1.165) is 18.5 Å². The van der Waals surface area contributed by atoms with Gasteiger partial charge in [0.25, 0.3) is 5.91 Å². The molecule has 25 heavy (non-hydrogen) atoms. The number of carbonyl (C=O) groups is 2. The van der Waals surface area contributed by atoms with Crippen molar-refractivity contribution in [3.63, 3.8) is 0 Å². The highest BCUT2D eigenvalue weighted by Gasteiger charge is 2.23. The number of aryl methyl sites for hydroxylation is 1. The molecular formula is C20H23N3O2. The number of nitrogens with one attached hydrogen (secondary N) is 3. The van der Waals surface area contributed by atoms with Gasteiger partial charge < -0.3 is 16.0 Å². The van der Waals surface area contributed by atoms with Gasteiger partial charge in [0.1, 0.15) is 0 Å². The summed E-state index contributed by atoms with van der Waals surface area (Å²) in [5.74, 6) is -0.270. The van der Waals surface area contributed by atoms with Crippen molar-refractivity contribution in [1.29, 1.82) is 0 Å². The molecule has 0 saturated carbocycles. The van der Waals surface area contributed by atoms with Crippen LogP contribution in [-0.2, 0) is 11.3 Å². The Kier molecular flexibility index (Phi) is 5.46. The molecule has 0 bridgehead atoms. The predicted octanol–water partition coefficient (Wildman–Crippen LogP) is 2.47. The van der Waals surface area contributed by atoms with Crippen LogP contribution in [-0.4, -0.2) is 24.9 Å². The molecule has 3 N–H and O–H groups in total. The van der Waals surface area contributed by atoms with Gasteiger partial charge >= 0.3 is 0 Å². The molecule has 5 heteroatoms. The highest BCUT2D eigenvalue weighted by molar-refractivity contribution is 6.04. The summed E-state index contributed by atoms with van der Waals surface area (Å²) in [6.07, 6.45) is 0.827. The second kappa shape index (κ2) is 7.94. The molecule has 0 aliphatic carbocycles. The van der Waals surface area contributed by atoms with Gasteiger partial charge in [0.05, 0.1) is 17.2 Å². The fourth-order valence-corrected chi connectivity index (χ4v) is 2.89. The van der Waals surface area contributed by atoms with Gasteiger partial charge in [-0.3, -0.25) is 9.59 Å². The summed E-state index contributed by atoms with van der Waals surface area (Å²) in [5, 5.41) is 8.99. The van der Waals surface area contributed by atoms with E-state index in [2.05, 4.69) is 16.0 Å². The molecule has 1 heterocycles. The summed E-state index contributed by atoms with van der Waals surface area (Å²) in [4.78, 5) is 24.9. The minimum atomic E-state index is -0.193. The fourth-order valence-electron chi connectivity index (χ4n) is 2.89. The molecule has 2 amide bonds. The Hall–Kier alpha value is -2.66. The third-order valence-electron chi connectivity index (χ3n) is 4.43. The first-order valence-corrected chi connectivity index (χ1v) is 8.58. The van der Waals surface area contributed by atoms with E-state index in [1.807, 2.05) is 37.3 Å². The first-order chi connectivity index (χ1) is 12.1. The van der Waals surface area contributed by atoms with E-state index in [4.69, 9.17) is 0 Å². The molecule has 2 aromatic rings. The molecule has 1 unspecified atom stereocenters. The third-order valence-corrected chi connectivity index (χ3v) is 4.43. The monoisotopic (exact) mass is 337 g/mol. The lowest BCUT2D eigenvalue weighted by atomic mass is 10.1. The molecule has 1 aliphatic rings. The van der Waals surface area contributed by atoms with E-state index in [1.165, 1.54) is 5.56 Å². The Balaban J connectivity index is 1.65. The van der Waals surface area contributed by atoms with Gasteiger partial charge in [0.2, 0.25) is 5.91 Å². The van der Waals surface area contributed by atoms with Crippen LogP contribution in [0.1, 0.15) is 27.9 Å². The van der Waals surface area contributed by atoms with Crippen LogP contribution in [0.3, 0.4) is 0 Å². The number of anilines is 1. The fraction of sp³-hybridized carbons (Fsp3) is 0.300. The maximum Gasteiger partial charge on any atom is 0.253 e. The summed E-state index contributed by atoms with van der Waals surface area (Å²) >= 11 is 0. The molecule has 0 radical (unpaired) electrons. The van der Waals surface area contributed by atoms with Crippen LogP contribution < -0.4 is 16.0 Å². The Morgan fingerprint density at radius 2 is 1.88 bits per heavy atom. The average Bonchev–Trinajstić information content (AvgIpc) is 3.16. The van der Waals surface area contributed by atoms with Crippen molar-refractivity contribution >= 4 is 17.5 Å². The second-order valence-corrected chi connectivity index (χ2v) is 6.39. The number of hydrogen-bond acceptors (Lipinski definition) is 3. The lowest BCUT2D eigenvalue weighted by Gasteiger charge is -2.14. The SMILES string of the molecule is Cc1ccc(CNC(=O)c2ccccc2NC(=O)C2CCNC2)cc1. The van der Waals surface area contributed by atoms with Crippen LogP contribution in [0.4, 0.5) is 5.69 Å². The molecule has 0 aromatic heterocycles. The number of benzene rings is 2. The van der Waals surface area contributed by atoms with Crippen LogP contribution in [0, 0.1) is 12.8 Å². The minimum Gasteiger partial charge on any atom is -0.348 e. The molecule has 130 valence electrons. The van der Waals surface area contributed by atoms with Gasteiger partial charge in [-0.25, -0.2) is 0 Å². The highest BCUT2D eigenvalue weighted by atomic mass is 16.2. The zero-order valence-electron chi connectivity index (χ0n) is 14.3. The zero-order chi connectivity index (χ0) is 17.6. The van der Waals surface area contributed by atoms with Crippen molar-refractivity contribution < 1.29 is 9.59 Å². The Labute approximate surface area is 147 Å². The molecule has 1 atom stereocenters. The first-order valence-electron chi connectivity index (χ1n) is 8.58. The average molecular weight is 337 g/mol. The van der Waals surface area contributed by atoms with E-state index in [1.54, 1.807) is 18.2 Å². The molecule has 1 aliphatic heterocycles. The summed E-state index contributed by atoms with van der Waals surface area (Å²) < 4.78 is 0. The lowest BCUT2D eigenvalue weighted by molar-refractivity contribution is -0.119. The topological polar surface area (TPSA) is 70.2 Å². The van der Waals surface area contributed by atoms with E-state index in [9.17, 15) is 9.59 Å². The zero-order valence-corrected chi connectivity index (χ0v) is 14.3. The first kappa shape index (κ1) is 17.2. The molecule has 1 saturated heterocycles. The third kappa shape index (κ3) is 4.45. The number of carbonyl (C=O) groups excluding carboxylic acids is 2. The van der Waals surface area contributed by atoms with Crippen molar-refractivity contribution in [2.24, 2.45) is 5.92 Å². The number of amides is 2. The normalized spacial score (nSPS) is 16.4. The van der Waals surface area contributed by atoms with Gasteiger partial charge in [-0.1, -0.05) is 42.0 Å². The summed E-state index contributed by atoms with van der Waals surface area (Å²) in [7, 11) is 0. The minimum absolute atomic E-state index is 0.0382. The standard InChI is InChI=1S/C20H23N3O2/c1-14-6-8-15(9-7-14)12-22-20(25)17-4-2-3-5-18(17)23-19(24)16-10-11-21-13-16/h2-9,16,21H,10-13H2,1H3,(H,22,25)(H,23,24). The van der Waals surface area contributed by atoms with E-state index >= 15 is 0 Å². The van der Waals surface area contributed by atoms with Gasteiger partial charge in [-0.15, -0.1) is 0 Å². The van der Waals surface area contributed by atoms with Crippen molar-refractivity contribution in [1.82, 2.24) is 10.6 Å². The molecular weight excluding hydrogens is 314 g/mol. The van der Waals surface area contributed by atoms with Crippen LogP contribution in [0.2, 0.25) is 0 Å². The van der Waals surface area contributed by atoms with Gasteiger partial charge in [-0.05, 0) is 37.6 Å². The van der Waals surface area contributed by atoms with E-state index in [0.29, 0.717) is 24.3 Å². The van der Waals surface area contributed by atoms with Gasteiger partial charge in [0, 0.05) is 13.1 Å². The van der Waals surface area contributed by atoms with Crippen molar-refractivity contribution in [3.05, 3.63) is 65.2 Å². The summed E-state index contributed by atoms with van der Waals surface area (Å²) in [6, 6.07) is 15.1. The Morgan fingerprint density at radius 1 is 1.12 bits per heavy atom. The molecule has 5 nitrogen and oxygen atoms in total. The Bertz CT molecular complexity index is 750. The number of para-hydroxylation sites is 1. The van der Waals surface area contributed by atoms with Crippen LogP contribution >= 0.6 is 0 Å². The molecule has 3 rings (SSSR count).